The molecule has 1 aliphatic carbocycles. The fraction of sp³-hybridized carbons (Fsp3) is 0.618. The summed E-state index contributed by atoms with van der Waals surface area (Å²) in [6.45, 7) is 5.53. The van der Waals surface area contributed by atoms with Gasteiger partial charge in [0.05, 0.1) is 17.0 Å². The van der Waals surface area contributed by atoms with Crippen LogP contribution < -0.4 is 4.74 Å². The number of carbonyl (C=O) groups is 1. The summed E-state index contributed by atoms with van der Waals surface area (Å²) in [5.74, 6) is -0.253. The third-order valence-corrected chi connectivity index (χ3v) is 10.9. The number of carboxylic acids is 1. The molecule has 240 valence electrons. The van der Waals surface area contributed by atoms with Gasteiger partial charge in [0.25, 0.3) is 0 Å². The van der Waals surface area contributed by atoms with Gasteiger partial charge < -0.3 is 9.84 Å². The Morgan fingerprint density at radius 1 is 0.932 bits per heavy atom. The molecule has 0 radical (unpaired) electrons. The van der Waals surface area contributed by atoms with Gasteiger partial charge in [-0.2, -0.15) is 26.3 Å². The third kappa shape index (κ3) is 5.71. The highest BCUT2D eigenvalue weighted by atomic mass is 19.4. The average molecular weight is 624 g/mol. The molecule has 2 aromatic rings. The molecular formula is C34H39F6NO3. The highest BCUT2D eigenvalue weighted by Crippen LogP contribution is 2.54. The molecule has 6 rings (SSSR count). The van der Waals surface area contributed by atoms with Crippen molar-refractivity contribution in [3.63, 3.8) is 0 Å². The Balaban J connectivity index is 1.23. The molecule has 2 saturated heterocycles. The molecule has 2 aromatic carbocycles. The minimum absolute atomic E-state index is 0.0728. The van der Waals surface area contributed by atoms with Gasteiger partial charge >= 0.3 is 18.3 Å². The zero-order valence-electron chi connectivity index (χ0n) is 25.1. The monoisotopic (exact) mass is 623 g/mol. The molecule has 6 atom stereocenters. The Hall–Kier alpha value is -2.75. The maximum absolute atomic E-state index is 14.0. The van der Waals surface area contributed by atoms with Gasteiger partial charge in [-0.05, 0) is 111 Å². The van der Waals surface area contributed by atoms with Gasteiger partial charge in [0.15, 0.2) is 0 Å². The minimum atomic E-state index is -4.76. The Kier molecular flexibility index (Phi) is 7.78. The summed E-state index contributed by atoms with van der Waals surface area (Å²) in [4.78, 5) is 13.9. The smallest absolute Gasteiger partial charge is 0.416 e. The fourth-order valence-corrected chi connectivity index (χ4v) is 8.62. The molecule has 1 saturated carbocycles. The number of benzene rings is 2. The molecule has 3 heterocycles. The molecule has 3 fully saturated rings. The predicted octanol–water partition coefficient (Wildman–Crippen LogP) is 9.03. The van der Waals surface area contributed by atoms with Crippen LogP contribution in [0.25, 0.3) is 0 Å². The van der Waals surface area contributed by atoms with E-state index in [1.807, 2.05) is 17.0 Å². The minimum Gasteiger partial charge on any atom is -0.490 e. The van der Waals surface area contributed by atoms with Gasteiger partial charge in [-0.1, -0.05) is 26.0 Å². The van der Waals surface area contributed by atoms with Crippen molar-refractivity contribution < 1.29 is 41.0 Å². The van der Waals surface area contributed by atoms with Gasteiger partial charge in [-0.25, -0.2) is 0 Å². The fourth-order valence-electron chi connectivity index (χ4n) is 8.62. The second-order valence-electron chi connectivity index (χ2n) is 13.9. The van der Waals surface area contributed by atoms with Crippen molar-refractivity contribution in [2.45, 2.75) is 115 Å². The summed E-state index contributed by atoms with van der Waals surface area (Å²) in [5.41, 5.74) is -0.612. The summed E-state index contributed by atoms with van der Waals surface area (Å²) in [5, 5.41) is 9.73. The summed E-state index contributed by atoms with van der Waals surface area (Å²) in [7, 11) is 0. The van der Waals surface area contributed by atoms with Crippen molar-refractivity contribution in [3.05, 3.63) is 64.2 Å². The summed E-state index contributed by atoms with van der Waals surface area (Å²) in [6.07, 6.45) is -3.09. The van der Waals surface area contributed by atoms with Gasteiger partial charge in [0.1, 0.15) is 11.9 Å². The van der Waals surface area contributed by atoms with E-state index in [1.165, 1.54) is 0 Å². The Morgan fingerprint density at radius 2 is 1.59 bits per heavy atom. The van der Waals surface area contributed by atoms with Gasteiger partial charge in [-0.3, -0.25) is 9.69 Å². The number of nitrogens with zero attached hydrogens (tertiary/aromatic N) is 1. The van der Waals surface area contributed by atoms with Crippen LogP contribution in [-0.4, -0.2) is 34.2 Å². The molecule has 4 aliphatic rings. The number of hydrogen-bond acceptors (Lipinski definition) is 3. The maximum atomic E-state index is 14.0. The van der Waals surface area contributed by atoms with Gasteiger partial charge in [-0.15, -0.1) is 0 Å². The highest BCUT2D eigenvalue weighted by molar-refractivity contribution is 5.71. The quantitative estimate of drug-likeness (QED) is 0.313. The van der Waals surface area contributed by atoms with Crippen LogP contribution in [0.4, 0.5) is 26.3 Å². The summed E-state index contributed by atoms with van der Waals surface area (Å²) >= 11 is 0. The van der Waals surface area contributed by atoms with Crippen LogP contribution in [0.5, 0.6) is 5.75 Å². The first-order valence-electron chi connectivity index (χ1n) is 15.6. The van der Waals surface area contributed by atoms with Crippen LogP contribution in [0.3, 0.4) is 0 Å². The lowest BCUT2D eigenvalue weighted by Gasteiger charge is -2.51. The Morgan fingerprint density at radius 3 is 2.16 bits per heavy atom. The largest absolute Gasteiger partial charge is 0.490 e. The van der Waals surface area contributed by atoms with Gasteiger partial charge in [0.2, 0.25) is 0 Å². The van der Waals surface area contributed by atoms with E-state index < -0.39 is 41.4 Å². The number of rotatable bonds is 7. The molecular weight excluding hydrogens is 584 g/mol. The first-order valence-corrected chi connectivity index (χ1v) is 15.6. The van der Waals surface area contributed by atoms with Crippen LogP contribution in [0, 0.1) is 17.3 Å². The number of hydrogen-bond donors (Lipinski definition) is 1. The van der Waals surface area contributed by atoms with E-state index in [2.05, 4.69) is 13.0 Å². The molecule has 3 unspecified atom stereocenters. The van der Waals surface area contributed by atoms with Crippen molar-refractivity contribution in [3.8, 4) is 5.75 Å². The molecule has 44 heavy (non-hydrogen) atoms. The van der Waals surface area contributed by atoms with Crippen molar-refractivity contribution in [2.24, 2.45) is 17.3 Å². The number of carboxylic acid groups (broad SMARTS) is 1. The van der Waals surface area contributed by atoms with E-state index in [0.717, 1.165) is 55.4 Å². The normalized spacial score (nSPS) is 29.4. The van der Waals surface area contributed by atoms with Crippen molar-refractivity contribution in [2.75, 3.05) is 0 Å². The molecule has 4 nitrogen and oxygen atoms in total. The number of halogens is 6. The van der Waals surface area contributed by atoms with Crippen LogP contribution in [-0.2, 0) is 23.6 Å². The molecule has 2 bridgehead atoms. The molecule has 3 aliphatic heterocycles. The zero-order chi connectivity index (χ0) is 31.8. The maximum Gasteiger partial charge on any atom is 0.416 e. The van der Waals surface area contributed by atoms with Crippen LogP contribution in [0.15, 0.2) is 36.4 Å². The standard InChI is InChI=1S/C34H39F6NO3/c1-18(31(42)43)30(21-5-6-21)22-7-4-20-8-13-29(44-28(20)14-22)32(3)16-24-10-11-25(17-32)41(24)19(2)26-15-23(33(35,36)37)9-12-27(26)34(38,39)40/h4,7,9,12,14-15,18-19,21,24-25,29-30H,5-6,8,10-11,13,16-17H2,1-3H3,(H,42,43)/t18-,19-,24?,25?,29?,30-,32?/m0/s1. The highest BCUT2D eigenvalue weighted by Gasteiger charge is 2.53. The lowest BCUT2D eigenvalue weighted by atomic mass is 9.69. The first kappa shape index (κ1) is 31.2. The summed E-state index contributed by atoms with van der Waals surface area (Å²) < 4.78 is 89.2. The Bertz CT molecular complexity index is 1400. The number of aryl methyl sites for hydroxylation is 1. The van der Waals surface area contributed by atoms with Crippen molar-refractivity contribution >= 4 is 5.97 Å². The van der Waals surface area contributed by atoms with Crippen LogP contribution in [0.2, 0.25) is 0 Å². The van der Waals surface area contributed by atoms with E-state index in [-0.39, 0.29) is 35.1 Å². The molecule has 1 N–H and O–H groups in total. The predicted molar refractivity (Wildman–Crippen MR) is 152 cm³/mol. The van der Waals surface area contributed by atoms with Crippen molar-refractivity contribution in [1.29, 1.82) is 0 Å². The topological polar surface area (TPSA) is 49.8 Å². The van der Waals surface area contributed by atoms with E-state index in [9.17, 15) is 36.2 Å². The summed E-state index contributed by atoms with van der Waals surface area (Å²) in [6, 6.07) is 6.89. The average Bonchev–Trinajstić information content (AvgIpc) is 3.74. The molecule has 0 aromatic heterocycles. The van der Waals surface area contributed by atoms with Crippen molar-refractivity contribution in [1.82, 2.24) is 4.90 Å². The number of fused-ring (bicyclic) bond motifs is 3. The third-order valence-electron chi connectivity index (χ3n) is 10.9. The Labute approximate surface area is 253 Å². The SMILES string of the molecule is C[C@H](C(=O)O)[C@H](c1ccc2c(c1)OC(C1(C)CC3CCC(C1)N3[C@@H](C)c1cc(C(F)(F)F)ccc1C(F)(F)F)CC2)C1CC1. The zero-order valence-corrected chi connectivity index (χ0v) is 25.1. The second kappa shape index (κ2) is 11.0. The second-order valence-corrected chi connectivity index (χ2v) is 13.9. The number of alkyl halides is 6. The molecule has 0 spiro atoms. The number of piperidine rings is 1. The molecule has 0 amide bonds. The lowest BCUT2D eigenvalue weighted by molar-refractivity contribution is -0.142. The molecule has 10 heteroatoms. The van der Waals surface area contributed by atoms with E-state index in [1.54, 1.807) is 13.8 Å². The van der Waals surface area contributed by atoms with Crippen LogP contribution >= 0.6 is 0 Å². The van der Waals surface area contributed by atoms with Gasteiger partial charge in [0, 0.05) is 23.5 Å². The number of aliphatic carboxylic acids is 1. The van der Waals surface area contributed by atoms with E-state index in [0.29, 0.717) is 37.0 Å². The van der Waals surface area contributed by atoms with E-state index >= 15 is 0 Å². The lowest BCUT2D eigenvalue weighted by Crippen LogP contribution is -2.53. The first-order chi connectivity index (χ1) is 20.6. The van der Waals surface area contributed by atoms with E-state index in [4.69, 9.17) is 4.74 Å². The van der Waals surface area contributed by atoms with Crippen LogP contribution in [0.1, 0.15) is 105 Å². The number of ether oxygens (including phenoxy) is 1.